The van der Waals surface area contributed by atoms with Gasteiger partial charge in [-0.2, -0.15) is 0 Å². The van der Waals surface area contributed by atoms with Gasteiger partial charge in [0.2, 0.25) is 10.0 Å². The molecule has 1 N–H and O–H groups in total. The lowest BCUT2D eigenvalue weighted by Gasteiger charge is -2.18. The summed E-state index contributed by atoms with van der Waals surface area (Å²) in [6.07, 6.45) is 3.89. The Labute approximate surface area is 163 Å². The van der Waals surface area contributed by atoms with Crippen molar-refractivity contribution in [2.45, 2.75) is 12.2 Å². The van der Waals surface area contributed by atoms with Crippen LogP contribution in [0.1, 0.15) is 21.5 Å². The number of fused-ring (bicyclic) bond motifs is 1. The number of anilines is 2. The van der Waals surface area contributed by atoms with Crippen molar-refractivity contribution in [3.63, 3.8) is 0 Å². The smallest absolute Gasteiger partial charge is 0.259 e. The highest BCUT2D eigenvalue weighted by molar-refractivity contribution is 7.91. The third-order valence-electron chi connectivity index (χ3n) is 4.61. The largest absolute Gasteiger partial charge is 0.308 e. The van der Waals surface area contributed by atoms with Crippen molar-refractivity contribution < 1.29 is 13.2 Å². The Bertz CT molecular complexity index is 1100. The minimum atomic E-state index is -3.56. The number of sulfonamides is 1. The van der Waals surface area contributed by atoms with Gasteiger partial charge in [-0.15, -0.1) is 0 Å². The number of rotatable bonds is 5. The molecule has 0 bridgehead atoms. The Hall–Kier alpha value is -3.19. The Balaban J connectivity index is 1.56. The van der Waals surface area contributed by atoms with Crippen LogP contribution >= 0.6 is 0 Å². The number of benzene rings is 2. The summed E-state index contributed by atoms with van der Waals surface area (Å²) in [6.45, 7) is 0.559. The monoisotopic (exact) mass is 393 g/mol. The molecule has 28 heavy (non-hydrogen) atoms. The number of aromatic nitrogens is 1. The van der Waals surface area contributed by atoms with Gasteiger partial charge in [-0.1, -0.05) is 36.4 Å². The van der Waals surface area contributed by atoms with Crippen LogP contribution in [0.5, 0.6) is 0 Å². The predicted molar refractivity (Wildman–Crippen MR) is 109 cm³/mol. The minimum absolute atomic E-state index is 0.108. The summed E-state index contributed by atoms with van der Waals surface area (Å²) in [5.74, 6) is -0.250. The van der Waals surface area contributed by atoms with E-state index in [1.165, 1.54) is 6.20 Å². The molecule has 2 aromatic carbocycles. The highest BCUT2D eigenvalue weighted by Crippen LogP contribution is 2.32. The molecule has 0 atom stereocenters. The molecule has 0 spiro atoms. The van der Waals surface area contributed by atoms with Gasteiger partial charge >= 0.3 is 0 Å². The summed E-state index contributed by atoms with van der Waals surface area (Å²) in [5.41, 5.74) is 3.41. The molecule has 2 heterocycles. The molecule has 6 nitrogen and oxygen atoms in total. The van der Waals surface area contributed by atoms with Crippen LogP contribution in [0.4, 0.5) is 11.4 Å². The highest BCUT2D eigenvalue weighted by Gasteiger charge is 2.26. The van der Waals surface area contributed by atoms with Crippen LogP contribution in [-0.4, -0.2) is 25.9 Å². The van der Waals surface area contributed by atoms with Gasteiger partial charge in [0, 0.05) is 24.6 Å². The maximum Gasteiger partial charge on any atom is 0.259 e. The summed E-state index contributed by atoms with van der Waals surface area (Å²) >= 11 is 0. The molecule has 1 amide bonds. The molecule has 4 rings (SSSR count). The first-order valence-corrected chi connectivity index (χ1v) is 10.6. The van der Waals surface area contributed by atoms with Crippen LogP contribution in [0.3, 0.4) is 0 Å². The minimum Gasteiger partial charge on any atom is -0.308 e. The Morgan fingerprint density at radius 1 is 1.07 bits per heavy atom. The predicted octanol–water partition coefficient (Wildman–Crippen LogP) is 3.23. The van der Waals surface area contributed by atoms with E-state index < -0.39 is 10.0 Å². The maximum absolute atomic E-state index is 12.8. The van der Waals surface area contributed by atoms with Crippen LogP contribution in [0.2, 0.25) is 0 Å². The van der Waals surface area contributed by atoms with E-state index in [9.17, 15) is 13.2 Å². The third-order valence-corrected chi connectivity index (χ3v) is 5.87. The molecule has 1 aliphatic rings. The van der Waals surface area contributed by atoms with Crippen molar-refractivity contribution in [3.05, 3.63) is 89.7 Å². The van der Waals surface area contributed by atoms with Gasteiger partial charge in [-0.3, -0.25) is 14.5 Å². The van der Waals surface area contributed by atoms with E-state index in [4.69, 9.17) is 0 Å². The molecule has 3 aromatic rings. The van der Waals surface area contributed by atoms with Crippen molar-refractivity contribution >= 4 is 27.3 Å². The SMILES string of the molecule is O=C(c1cccnc1)N1CCc2ccc(NS(=O)(=O)Cc3ccccc3)cc21. The van der Waals surface area contributed by atoms with Crippen LogP contribution in [0.15, 0.2) is 73.1 Å². The fourth-order valence-electron chi connectivity index (χ4n) is 3.31. The fraction of sp³-hybridized carbons (Fsp3) is 0.143. The number of nitrogens with one attached hydrogen (secondary N) is 1. The van der Waals surface area contributed by atoms with Crippen molar-refractivity contribution in [3.8, 4) is 0 Å². The van der Waals surface area contributed by atoms with E-state index in [0.29, 0.717) is 23.4 Å². The molecule has 0 fully saturated rings. The van der Waals surface area contributed by atoms with Gasteiger partial charge < -0.3 is 4.90 Å². The standard InChI is InChI=1S/C21H19N3O3S/c25-21(18-7-4-11-22-14-18)24-12-10-17-8-9-19(13-20(17)24)23-28(26,27)15-16-5-2-1-3-6-16/h1-9,11,13-14,23H,10,12,15H2. The Morgan fingerprint density at radius 3 is 2.64 bits per heavy atom. The van der Waals surface area contributed by atoms with Crippen molar-refractivity contribution in [1.82, 2.24) is 4.98 Å². The van der Waals surface area contributed by atoms with E-state index in [-0.39, 0.29) is 11.7 Å². The lowest BCUT2D eigenvalue weighted by molar-refractivity contribution is 0.0989. The maximum atomic E-state index is 12.8. The summed E-state index contributed by atoms with van der Waals surface area (Å²) in [7, 11) is -3.56. The fourth-order valence-corrected chi connectivity index (χ4v) is 4.50. The van der Waals surface area contributed by atoms with Crippen molar-refractivity contribution in [2.24, 2.45) is 0 Å². The van der Waals surface area contributed by atoms with Gasteiger partial charge in [-0.05, 0) is 41.8 Å². The van der Waals surface area contributed by atoms with Crippen LogP contribution in [-0.2, 0) is 22.2 Å². The molecular formula is C21H19N3O3S. The number of hydrogen-bond donors (Lipinski definition) is 1. The number of nitrogens with zero attached hydrogens (tertiary/aromatic N) is 2. The second-order valence-electron chi connectivity index (χ2n) is 6.64. The molecule has 1 aliphatic heterocycles. The van der Waals surface area contributed by atoms with E-state index in [1.54, 1.807) is 47.5 Å². The first-order valence-electron chi connectivity index (χ1n) is 8.91. The zero-order chi connectivity index (χ0) is 19.6. The van der Waals surface area contributed by atoms with Crippen LogP contribution in [0, 0.1) is 0 Å². The van der Waals surface area contributed by atoms with Gasteiger partial charge in [0.1, 0.15) is 0 Å². The summed E-state index contributed by atoms with van der Waals surface area (Å²) < 4.78 is 27.6. The molecule has 0 saturated carbocycles. The van der Waals surface area contributed by atoms with Crippen LogP contribution in [0.25, 0.3) is 0 Å². The molecule has 142 valence electrons. The quantitative estimate of drug-likeness (QED) is 0.722. The molecule has 7 heteroatoms. The highest BCUT2D eigenvalue weighted by atomic mass is 32.2. The van der Waals surface area contributed by atoms with E-state index in [1.807, 2.05) is 24.3 Å². The molecule has 0 unspecified atom stereocenters. The second kappa shape index (κ2) is 7.44. The van der Waals surface area contributed by atoms with Crippen molar-refractivity contribution in [1.29, 1.82) is 0 Å². The molecule has 0 radical (unpaired) electrons. The topological polar surface area (TPSA) is 79.4 Å². The second-order valence-corrected chi connectivity index (χ2v) is 8.36. The Morgan fingerprint density at radius 2 is 1.89 bits per heavy atom. The number of pyridine rings is 1. The van der Waals surface area contributed by atoms with Crippen molar-refractivity contribution in [2.75, 3.05) is 16.2 Å². The molecular weight excluding hydrogens is 374 g/mol. The lowest BCUT2D eigenvalue weighted by atomic mass is 10.1. The average Bonchev–Trinajstić information content (AvgIpc) is 3.11. The van der Waals surface area contributed by atoms with E-state index in [2.05, 4.69) is 9.71 Å². The zero-order valence-electron chi connectivity index (χ0n) is 15.1. The van der Waals surface area contributed by atoms with Gasteiger partial charge in [0.25, 0.3) is 5.91 Å². The van der Waals surface area contributed by atoms with Gasteiger partial charge in [0.15, 0.2) is 0 Å². The van der Waals surface area contributed by atoms with E-state index in [0.717, 1.165) is 17.7 Å². The third kappa shape index (κ3) is 3.89. The first kappa shape index (κ1) is 18.2. The summed E-state index contributed by atoms with van der Waals surface area (Å²) in [6, 6.07) is 17.8. The van der Waals surface area contributed by atoms with E-state index >= 15 is 0 Å². The molecule has 1 aromatic heterocycles. The number of carbonyl (C=O) groups excluding carboxylic acids is 1. The Kier molecular flexibility index (Phi) is 4.83. The number of carbonyl (C=O) groups is 1. The normalized spacial score (nSPS) is 13.2. The molecule has 0 saturated heterocycles. The zero-order valence-corrected chi connectivity index (χ0v) is 15.9. The van der Waals surface area contributed by atoms with Crippen LogP contribution < -0.4 is 9.62 Å². The number of amides is 1. The first-order chi connectivity index (χ1) is 13.5. The summed E-state index contributed by atoms with van der Waals surface area (Å²) in [4.78, 5) is 18.5. The lowest BCUT2D eigenvalue weighted by Crippen LogP contribution is -2.29. The van der Waals surface area contributed by atoms with Gasteiger partial charge in [-0.25, -0.2) is 8.42 Å². The number of hydrogen-bond acceptors (Lipinski definition) is 4. The molecule has 0 aliphatic carbocycles. The van der Waals surface area contributed by atoms with Gasteiger partial charge in [0.05, 0.1) is 17.0 Å². The average molecular weight is 393 g/mol. The summed E-state index contributed by atoms with van der Waals surface area (Å²) in [5, 5.41) is 0.